The van der Waals surface area contributed by atoms with Gasteiger partial charge in [-0.05, 0) is 12.5 Å². The number of nitrogen functional groups attached to an aromatic ring is 1. The van der Waals surface area contributed by atoms with Crippen LogP contribution in [0.25, 0.3) is 11.5 Å². The molecule has 3 heterocycles. The van der Waals surface area contributed by atoms with Crippen molar-refractivity contribution in [2.75, 3.05) is 17.2 Å². The SMILES string of the molecule is Nc1cncc(-c2nc(C3CCS(=O)(=O)C3)no2)c1. The number of aromatic nitrogens is 3. The second-order valence-electron chi connectivity index (χ2n) is 4.56. The third kappa shape index (κ3) is 2.43. The van der Waals surface area contributed by atoms with Gasteiger partial charge in [0.2, 0.25) is 0 Å². The Balaban J connectivity index is 1.88. The Hall–Kier alpha value is -1.96. The van der Waals surface area contributed by atoms with Gasteiger partial charge >= 0.3 is 0 Å². The van der Waals surface area contributed by atoms with Gasteiger partial charge in [0.05, 0.1) is 22.8 Å². The quantitative estimate of drug-likeness (QED) is 0.857. The van der Waals surface area contributed by atoms with Crippen LogP contribution in [0.4, 0.5) is 5.69 Å². The summed E-state index contributed by atoms with van der Waals surface area (Å²) < 4.78 is 28.0. The highest BCUT2D eigenvalue weighted by Gasteiger charge is 2.32. The first-order valence-corrected chi connectivity index (χ1v) is 7.60. The number of hydrogen-bond acceptors (Lipinski definition) is 7. The molecule has 19 heavy (non-hydrogen) atoms. The lowest BCUT2D eigenvalue weighted by Gasteiger charge is -1.98. The number of nitrogens with zero attached hydrogens (tertiary/aromatic N) is 3. The van der Waals surface area contributed by atoms with Crippen LogP contribution in [0.1, 0.15) is 18.2 Å². The van der Waals surface area contributed by atoms with Crippen molar-refractivity contribution in [1.29, 1.82) is 0 Å². The molecular weight excluding hydrogens is 268 g/mol. The second kappa shape index (κ2) is 4.30. The number of hydrogen-bond donors (Lipinski definition) is 1. The fourth-order valence-electron chi connectivity index (χ4n) is 2.09. The van der Waals surface area contributed by atoms with Crippen LogP contribution in [0.15, 0.2) is 23.0 Å². The van der Waals surface area contributed by atoms with Crippen molar-refractivity contribution in [3.8, 4) is 11.5 Å². The van der Waals surface area contributed by atoms with E-state index in [1.54, 1.807) is 12.3 Å². The summed E-state index contributed by atoms with van der Waals surface area (Å²) in [5.41, 5.74) is 6.75. The third-order valence-corrected chi connectivity index (χ3v) is 4.81. The smallest absolute Gasteiger partial charge is 0.259 e. The Morgan fingerprint density at radius 1 is 1.37 bits per heavy atom. The molecule has 8 heteroatoms. The van der Waals surface area contributed by atoms with Gasteiger partial charge in [0.25, 0.3) is 5.89 Å². The van der Waals surface area contributed by atoms with Crippen LogP contribution in [0.5, 0.6) is 0 Å². The Morgan fingerprint density at radius 2 is 2.21 bits per heavy atom. The van der Waals surface area contributed by atoms with Crippen molar-refractivity contribution in [2.45, 2.75) is 12.3 Å². The fourth-order valence-corrected chi connectivity index (χ4v) is 3.83. The average Bonchev–Trinajstić information content (AvgIpc) is 2.95. The molecule has 0 saturated carbocycles. The fraction of sp³-hybridized carbons (Fsp3) is 0.364. The summed E-state index contributed by atoms with van der Waals surface area (Å²) in [5.74, 6) is 0.817. The van der Waals surface area contributed by atoms with Crippen molar-refractivity contribution < 1.29 is 12.9 Å². The van der Waals surface area contributed by atoms with Crippen LogP contribution < -0.4 is 5.73 Å². The highest BCUT2D eigenvalue weighted by atomic mass is 32.2. The first kappa shape index (κ1) is 12.1. The van der Waals surface area contributed by atoms with Crippen LogP contribution >= 0.6 is 0 Å². The Kier molecular flexibility index (Phi) is 2.74. The molecule has 0 aliphatic carbocycles. The molecule has 0 bridgehead atoms. The third-order valence-electron chi connectivity index (χ3n) is 3.05. The van der Waals surface area contributed by atoms with Crippen molar-refractivity contribution in [1.82, 2.24) is 15.1 Å². The lowest BCUT2D eigenvalue weighted by Crippen LogP contribution is -2.05. The van der Waals surface area contributed by atoms with E-state index < -0.39 is 9.84 Å². The maximum absolute atomic E-state index is 11.4. The van der Waals surface area contributed by atoms with E-state index in [2.05, 4.69) is 15.1 Å². The van der Waals surface area contributed by atoms with E-state index in [1.807, 2.05) is 0 Å². The highest BCUT2D eigenvalue weighted by molar-refractivity contribution is 7.91. The average molecular weight is 280 g/mol. The Morgan fingerprint density at radius 3 is 2.89 bits per heavy atom. The molecule has 0 spiro atoms. The van der Waals surface area contributed by atoms with Gasteiger partial charge in [-0.25, -0.2) is 8.42 Å². The molecule has 2 N–H and O–H groups in total. The zero-order chi connectivity index (χ0) is 13.5. The Labute approximate surface area is 109 Å². The summed E-state index contributed by atoms with van der Waals surface area (Å²) in [6, 6.07) is 1.68. The molecule has 0 amide bonds. The lowest BCUT2D eigenvalue weighted by atomic mass is 10.1. The predicted molar refractivity (Wildman–Crippen MR) is 68.0 cm³/mol. The summed E-state index contributed by atoms with van der Waals surface area (Å²) in [4.78, 5) is 8.17. The molecule has 1 aliphatic rings. The molecule has 1 atom stereocenters. The first-order chi connectivity index (χ1) is 9.03. The van der Waals surface area contributed by atoms with Gasteiger partial charge in [0, 0.05) is 18.3 Å². The second-order valence-corrected chi connectivity index (χ2v) is 6.79. The van der Waals surface area contributed by atoms with E-state index in [-0.39, 0.29) is 17.4 Å². The standard InChI is InChI=1S/C11H12N4O3S/c12-9-3-8(4-13-5-9)11-14-10(15-18-11)7-1-2-19(16,17)6-7/h3-5,7H,1-2,6,12H2. The first-order valence-electron chi connectivity index (χ1n) is 5.78. The largest absolute Gasteiger partial charge is 0.397 e. The number of anilines is 1. The number of sulfone groups is 1. The van der Waals surface area contributed by atoms with Crippen LogP contribution in [-0.2, 0) is 9.84 Å². The number of pyridine rings is 1. The summed E-state index contributed by atoms with van der Waals surface area (Å²) in [6.45, 7) is 0. The minimum absolute atomic E-state index is 0.0845. The minimum atomic E-state index is -2.96. The highest BCUT2D eigenvalue weighted by Crippen LogP contribution is 2.28. The topological polar surface area (TPSA) is 112 Å². The van der Waals surface area contributed by atoms with Crippen molar-refractivity contribution in [3.63, 3.8) is 0 Å². The van der Waals surface area contributed by atoms with E-state index in [0.717, 1.165) is 0 Å². The molecule has 2 aromatic heterocycles. The summed E-state index contributed by atoms with van der Waals surface area (Å²) in [7, 11) is -2.96. The normalized spacial score (nSPS) is 21.6. The number of rotatable bonds is 2. The molecular formula is C11H12N4O3S. The van der Waals surface area contributed by atoms with Crippen LogP contribution in [0.3, 0.4) is 0 Å². The summed E-state index contributed by atoms with van der Waals surface area (Å²) in [6.07, 6.45) is 3.62. The van der Waals surface area contributed by atoms with Crippen LogP contribution in [-0.4, -0.2) is 35.0 Å². The summed E-state index contributed by atoms with van der Waals surface area (Å²) in [5, 5.41) is 3.85. The maximum atomic E-state index is 11.4. The van der Waals surface area contributed by atoms with Gasteiger partial charge in [-0.3, -0.25) is 4.98 Å². The van der Waals surface area contributed by atoms with E-state index in [4.69, 9.17) is 10.3 Å². The van der Waals surface area contributed by atoms with Gasteiger partial charge in [-0.1, -0.05) is 5.16 Å². The molecule has 0 aromatic carbocycles. The van der Waals surface area contributed by atoms with Gasteiger partial charge in [0.1, 0.15) is 0 Å². The van der Waals surface area contributed by atoms with E-state index in [0.29, 0.717) is 29.4 Å². The zero-order valence-electron chi connectivity index (χ0n) is 9.98. The molecule has 1 fully saturated rings. The monoisotopic (exact) mass is 280 g/mol. The number of nitrogens with two attached hydrogens (primary N) is 1. The summed E-state index contributed by atoms with van der Waals surface area (Å²) >= 11 is 0. The van der Waals surface area contributed by atoms with Crippen molar-refractivity contribution >= 4 is 15.5 Å². The molecule has 1 aliphatic heterocycles. The lowest BCUT2D eigenvalue weighted by molar-refractivity contribution is 0.418. The van der Waals surface area contributed by atoms with E-state index >= 15 is 0 Å². The molecule has 7 nitrogen and oxygen atoms in total. The molecule has 100 valence electrons. The van der Waals surface area contributed by atoms with E-state index in [9.17, 15) is 8.42 Å². The maximum Gasteiger partial charge on any atom is 0.259 e. The van der Waals surface area contributed by atoms with E-state index in [1.165, 1.54) is 6.20 Å². The van der Waals surface area contributed by atoms with Gasteiger partial charge in [-0.2, -0.15) is 4.98 Å². The van der Waals surface area contributed by atoms with Gasteiger partial charge in [0.15, 0.2) is 15.7 Å². The van der Waals surface area contributed by atoms with Gasteiger partial charge < -0.3 is 10.3 Å². The molecule has 0 radical (unpaired) electrons. The van der Waals surface area contributed by atoms with Gasteiger partial charge in [-0.15, -0.1) is 0 Å². The minimum Gasteiger partial charge on any atom is -0.397 e. The Bertz CT molecular complexity index is 710. The molecule has 3 rings (SSSR count). The van der Waals surface area contributed by atoms with Crippen molar-refractivity contribution in [3.05, 3.63) is 24.3 Å². The molecule has 1 unspecified atom stereocenters. The van der Waals surface area contributed by atoms with Crippen LogP contribution in [0.2, 0.25) is 0 Å². The van der Waals surface area contributed by atoms with Crippen LogP contribution in [0, 0.1) is 0 Å². The molecule has 2 aromatic rings. The predicted octanol–water partition coefficient (Wildman–Crippen LogP) is 0.616. The zero-order valence-corrected chi connectivity index (χ0v) is 10.8. The molecule has 1 saturated heterocycles. The van der Waals surface area contributed by atoms with Crippen molar-refractivity contribution in [2.24, 2.45) is 0 Å².